The molecule has 0 saturated heterocycles. The van der Waals surface area contributed by atoms with Crippen LogP contribution in [0.5, 0.6) is 23.0 Å². The number of carboxylic acids is 1. The number of benzene rings is 3. The third-order valence-corrected chi connectivity index (χ3v) is 6.91. The van der Waals surface area contributed by atoms with E-state index in [2.05, 4.69) is 15.6 Å². The first kappa shape index (κ1) is 32.9. The number of halogens is 2. The zero-order valence-electron chi connectivity index (χ0n) is 25.7. The Labute approximate surface area is 283 Å². The summed E-state index contributed by atoms with van der Waals surface area (Å²) in [6.07, 6.45) is 2.41. The minimum Gasteiger partial charge on any atom is -1.00 e. The number of fused-ring (bicyclic) bond motifs is 1. The number of hydrogen-bond acceptors (Lipinski definition) is 7. The topological polar surface area (TPSA) is 136 Å². The number of aromatic nitrogens is 1. The van der Waals surface area contributed by atoms with Gasteiger partial charge in [-0.2, -0.15) is 0 Å². The maximum Gasteiger partial charge on any atom is 2.00 e. The number of carboxylic acid groups (broad SMARTS) is 1. The van der Waals surface area contributed by atoms with Gasteiger partial charge in [0.2, 0.25) is 11.8 Å². The molecule has 13 heteroatoms. The van der Waals surface area contributed by atoms with Gasteiger partial charge in [-0.05, 0) is 67.8 Å². The van der Waals surface area contributed by atoms with Gasteiger partial charge in [0.05, 0.1) is 19.2 Å². The Bertz CT molecular complexity index is 1710. The zero-order valence-corrected chi connectivity index (χ0v) is 25.9. The molecule has 3 aromatic carbocycles. The molecule has 1 saturated carbocycles. The monoisotopic (exact) mass is 633 g/mol. The molecule has 1 aliphatic carbocycles. The Morgan fingerprint density at radius 2 is 1.59 bits per heavy atom. The van der Waals surface area contributed by atoms with Crippen LogP contribution in [0.4, 0.5) is 20.2 Å². The molecule has 1 aromatic heterocycles. The molecule has 1 aliphatic rings. The fourth-order valence-electron chi connectivity index (χ4n) is 4.39. The first-order valence-electron chi connectivity index (χ1n) is 13.4. The second-order valence-electron chi connectivity index (χ2n) is 9.92. The van der Waals surface area contributed by atoms with E-state index in [4.69, 9.17) is 19.3 Å². The smallest absolute Gasteiger partial charge is 1.00 e. The van der Waals surface area contributed by atoms with Crippen molar-refractivity contribution < 1.29 is 45.3 Å². The summed E-state index contributed by atoms with van der Waals surface area (Å²) in [4.78, 5) is 40.8. The Morgan fingerprint density at radius 1 is 0.909 bits per heavy atom. The van der Waals surface area contributed by atoms with Crippen LogP contribution in [0.3, 0.4) is 0 Å². The van der Waals surface area contributed by atoms with Gasteiger partial charge in [-0.1, -0.05) is 0 Å². The third kappa shape index (κ3) is 7.55. The number of nitrogens with zero attached hydrogens (tertiary/aromatic N) is 1. The summed E-state index contributed by atoms with van der Waals surface area (Å²) in [5, 5.41) is 14.5. The molecule has 5 rings (SSSR count). The number of amides is 2. The molecule has 2 amide bonds. The number of pyridine rings is 1. The van der Waals surface area contributed by atoms with Gasteiger partial charge in [0.1, 0.15) is 17.0 Å². The Balaban J connectivity index is 0.00000245. The van der Waals surface area contributed by atoms with E-state index in [1.54, 1.807) is 18.2 Å². The number of aliphatic carboxylic acids is 1. The van der Waals surface area contributed by atoms with E-state index in [1.165, 1.54) is 49.7 Å². The van der Waals surface area contributed by atoms with Crippen molar-refractivity contribution in [2.45, 2.75) is 25.7 Å². The van der Waals surface area contributed by atoms with Gasteiger partial charge in [-0.15, -0.1) is 0 Å². The van der Waals surface area contributed by atoms with Gasteiger partial charge < -0.3 is 32.8 Å². The van der Waals surface area contributed by atoms with Gasteiger partial charge in [-0.3, -0.25) is 19.4 Å². The van der Waals surface area contributed by atoms with Crippen LogP contribution in [-0.4, -0.2) is 79.3 Å². The number of hydrogen-bond donors (Lipinski definition) is 3. The second-order valence-corrected chi connectivity index (χ2v) is 9.92. The Morgan fingerprint density at radius 3 is 2.23 bits per heavy atom. The Hall–Kier alpha value is -4.00. The van der Waals surface area contributed by atoms with Crippen molar-refractivity contribution in [3.63, 3.8) is 0 Å². The Kier molecular flexibility index (Phi) is 10.6. The molecule has 4 aromatic rings. The number of nitrogens with one attached hydrogen (secondary N) is 2. The molecule has 3 N–H and O–H groups in total. The largest absolute Gasteiger partial charge is 2.00 e. The fourth-order valence-corrected chi connectivity index (χ4v) is 4.39. The normalized spacial score (nSPS) is 12.9. The number of ether oxygens (including phenoxy) is 3. The first-order chi connectivity index (χ1) is 20.7. The van der Waals surface area contributed by atoms with E-state index in [1.807, 2.05) is 0 Å². The maximum atomic E-state index is 15.1. The minimum atomic E-state index is -1.30. The molecule has 0 spiro atoms. The molecule has 0 bridgehead atoms. The summed E-state index contributed by atoms with van der Waals surface area (Å²) in [5.41, 5.74) is -0.321. The van der Waals surface area contributed by atoms with Crippen LogP contribution in [-0.2, 0) is 14.4 Å². The van der Waals surface area contributed by atoms with Crippen LogP contribution < -0.4 is 24.8 Å². The van der Waals surface area contributed by atoms with Crippen molar-refractivity contribution in [2.75, 3.05) is 24.4 Å². The van der Waals surface area contributed by atoms with Crippen LogP contribution in [0.1, 0.15) is 28.5 Å². The predicted octanol–water partition coefficient (Wildman–Crippen LogP) is 5.76. The van der Waals surface area contributed by atoms with Gasteiger partial charge >= 0.3 is 43.7 Å². The van der Waals surface area contributed by atoms with Gasteiger partial charge in [0, 0.05) is 41.5 Å². The summed E-state index contributed by atoms with van der Waals surface area (Å²) in [7, 11) is 1.45. The van der Waals surface area contributed by atoms with Crippen molar-refractivity contribution in [3.8, 4) is 23.0 Å². The van der Waals surface area contributed by atoms with Crippen molar-refractivity contribution in [3.05, 3.63) is 78.5 Å². The second kappa shape index (κ2) is 14.2. The standard InChI is InChI=1S/C31H27F2N3O7.Ca.2H/c1-41-26-16-21-23(17-27(26)42-14-2-3-28(37)38)34-13-10-24(21)43-25-9-8-20(15-22(25)33)36-30(40)31(11-12-31)29(39)35-19-6-4-18(32)5-7-19;;;/h4-10,13,15-17H,2-3,11-12,14H2,1H3,(H,35,39)(H,36,40)(H,37,38);;;/q;+2;2*-1. The average molecular weight is 634 g/mol. The van der Waals surface area contributed by atoms with E-state index in [0.717, 1.165) is 6.07 Å². The van der Waals surface area contributed by atoms with Crippen LogP contribution >= 0.6 is 0 Å². The summed E-state index contributed by atoms with van der Waals surface area (Å²) < 4.78 is 45.3. The van der Waals surface area contributed by atoms with E-state index in [-0.39, 0.29) is 70.8 Å². The van der Waals surface area contributed by atoms with Crippen molar-refractivity contribution >= 4 is 77.8 Å². The maximum absolute atomic E-state index is 15.1. The number of anilines is 2. The summed E-state index contributed by atoms with van der Waals surface area (Å²) >= 11 is 0. The number of rotatable bonds is 12. The van der Waals surface area contributed by atoms with Crippen LogP contribution in [0.15, 0.2) is 66.9 Å². The molecule has 44 heavy (non-hydrogen) atoms. The molecule has 0 aliphatic heterocycles. The van der Waals surface area contributed by atoms with E-state index < -0.39 is 34.8 Å². The number of carbonyl (C=O) groups is 3. The zero-order chi connectivity index (χ0) is 30.6. The van der Waals surface area contributed by atoms with E-state index in [9.17, 15) is 18.8 Å². The summed E-state index contributed by atoms with van der Waals surface area (Å²) in [6.45, 7) is 0.165. The van der Waals surface area contributed by atoms with Crippen LogP contribution in [0.25, 0.3) is 10.9 Å². The van der Waals surface area contributed by atoms with Crippen molar-refractivity contribution in [1.29, 1.82) is 0 Å². The summed E-state index contributed by atoms with van der Waals surface area (Å²) in [6, 6.07) is 13.9. The number of methoxy groups -OCH3 is 1. The van der Waals surface area contributed by atoms with E-state index in [0.29, 0.717) is 47.4 Å². The first-order valence-corrected chi connectivity index (χ1v) is 13.4. The van der Waals surface area contributed by atoms with Crippen LogP contribution in [0.2, 0.25) is 0 Å². The van der Waals surface area contributed by atoms with Gasteiger partial charge in [-0.25, -0.2) is 8.78 Å². The van der Waals surface area contributed by atoms with Crippen molar-refractivity contribution in [2.24, 2.45) is 5.41 Å². The minimum absolute atomic E-state index is 0. The molecule has 226 valence electrons. The van der Waals surface area contributed by atoms with Gasteiger partial charge in [0.15, 0.2) is 23.1 Å². The molecular weight excluding hydrogens is 604 g/mol. The molecule has 1 heterocycles. The molecule has 10 nitrogen and oxygen atoms in total. The fraction of sp³-hybridized carbons (Fsp3) is 0.226. The third-order valence-electron chi connectivity index (χ3n) is 6.91. The summed E-state index contributed by atoms with van der Waals surface area (Å²) in [5.74, 6) is -2.33. The molecule has 0 radical (unpaired) electrons. The van der Waals surface area contributed by atoms with Gasteiger partial charge in [0.25, 0.3) is 0 Å². The molecule has 0 unspecified atom stereocenters. The molecular formula is C31H29CaF2N3O7. The SMILES string of the molecule is COc1cc2c(Oc3ccc(NC(=O)C4(C(=O)Nc5ccc(F)cc5)CC4)cc3F)ccnc2cc1OCCCC(=O)O.[Ca+2].[H-].[H-]. The molecule has 1 fully saturated rings. The quantitative estimate of drug-likeness (QED) is 0.102. The molecule has 0 atom stereocenters. The average Bonchev–Trinajstić information content (AvgIpc) is 3.80. The van der Waals surface area contributed by atoms with Crippen LogP contribution in [0, 0.1) is 17.0 Å². The van der Waals surface area contributed by atoms with E-state index >= 15 is 4.39 Å². The number of carbonyl (C=O) groups excluding carboxylic acids is 2. The van der Waals surface area contributed by atoms with Crippen molar-refractivity contribution in [1.82, 2.24) is 4.98 Å². The predicted molar refractivity (Wildman–Crippen MR) is 160 cm³/mol.